The summed E-state index contributed by atoms with van der Waals surface area (Å²) in [5.41, 5.74) is 1.65. The number of carbonyl (C=O) groups is 1. The Kier molecular flexibility index (Phi) is 3.55. The van der Waals surface area contributed by atoms with Gasteiger partial charge in [0, 0.05) is 19.7 Å². The topological polar surface area (TPSA) is 44.1 Å². The van der Waals surface area contributed by atoms with Gasteiger partial charge in [0.25, 0.3) is 0 Å². The lowest BCUT2D eigenvalue weighted by Crippen LogP contribution is -2.07. The van der Waals surface area contributed by atoms with Crippen molar-refractivity contribution in [2.45, 2.75) is 6.42 Å². The zero-order valence-corrected chi connectivity index (χ0v) is 9.67. The highest BCUT2D eigenvalue weighted by molar-refractivity contribution is 5.88. The minimum absolute atomic E-state index is 0.325. The highest BCUT2D eigenvalue weighted by Crippen LogP contribution is 2.03. The molecule has 88 valence electrons. The summed E-state index contributed by atoms with van der Waals surface area (Å²) in [5.74, 6) is -0.325. The standard InChI is InChI=1S/C13H14N2O2/c1-15-10-12(9-14-15)13(16)17-8-7-11-5-3-2-4-6-11/h2-6,9-10H,7-8H2,1H3. The average molecular weight is 230 g/mol. The molecule has 0 radical (unpaired) electrons. The van der Waals surface area contributed by atoms with Gasteiger partial charge in [-0.25, -0.2) is 4.79 Å². The zero-order valence-electron chi connectivity index (χ0n) is 9.67. The number of carbonyl (C=O) groups excluding carboxylic acids is 1. The maximum Gasteiger partial charge on any atom is 0.341 e. The molecule has 1 aromatic heterocycles. The fraction of sp³-hybridized carbons (Fsp3) is 0.231. The van der Waals surface area contributed by atoms with Gasteiger partial charge in [-0.3, -0.25) is 4.68 Å². The molecule has 17 heavy (non-hydrogen) atoms. The van der Waals surface area contributed by atoms with Gasteiger partial charge in [-0.15, -0.1) is 0 Å². The molecular formula is C13H14N2O2. The molecule has 1 aromatic carbocycles. The van der Waals surface area contributed by atoms with E-state index in [9.17, 15) is 4.79 Å². The molecule has 0 aliphatic rings. The van der Waals surface area contributed by atoms with E-state index in [-0.39, 0.29) is 5.97 Å². The lowest BCUT2D eigenvalue weighted by Gasteiger charge is -2.03. The van der Waals surface area contributed by atoms with Crippen molar-refractivity contribution in [1.82, 2.24) is 9.78 Å². The van der Waals surface area contributed by atoms with E-state index >= 15 is 0 Å². The van der Waals surface area contributed by atoms with Crippen molar-refractivity contribution < 1.29 is 9.53 Å². The molecule has 0 N–H and O–H groups in total. The predicted octanol–water partition coefficient (Wildman–Crippen LogP) is 1.82. The Morgan fingerprint density at radius 3 is 2.76 bits per heavy atom. The minimum atomic E-state index is -0.325. The Bertz CT molecular complexity index is 491. The molecule has 0 fully saturated rings. The molecule has 4 heteroatoms. The van der Waals surface area contributed by atoms with Crippen molar-refractivity contribution in [2.75, 3.05) is 6.61 Å². The van der Waals surface area contributed by atoms with Gasteiger partial charge in [-0.2, -0.15) is 5.10 Å². The van der Waals surface area contributed by atoms with Gasteiger partial charge >= 0.3 is 5.97 Å². The summed E-state index contributed by atoms with van der Waals surface area (Å²) in [5, 5.41) is 3.92. The van der Waals surface area contributed by atoms with Gasteiger partial charge in [-0.1, -0.05) is 30.3 Å². The van der Waals surface area contributed by atoms with E-state index in [0.29, 0.717) is 12.2 Å². The maximum atomic E-state index is 11.6. The van der Waals surface area contributed by atoms with Crippen LogP contribution in [0.1, 0.15) is 15.9 Å². The van der Waals surface area contributed by atoms with Crippen molar-refractivity contribution >= 4 is 5.97 Å². The van der Waals surface area contributed by atoms with Gasteiger partial charge in [0.15, 0.2) is 0 Å². The molecule has 2 rings (SSSR count). The molecule has 1 heterocycles. The van der Waals surface area contributed by atoms with Crippen LogP contribution < -0.4 is 0 Å². The number of hydrogen-bond acceptors (Lipinski definition) is 3. The highest BCUT2D eigenvalue weighted by atomic mass is 16.5. The van der Waals surface area contributed by atoms with Gasteiger partial charge < -0.3 is 4.74 Å². The Morgan fingerprint density at radius 2 is 2.12 bits per heavy atom. The van der Waals surface area contributed by atoms with Gasteiger partial charge in [-0.05, 0) is 5.56 Å². The van der Waals surface area contributed by atoms with Crippen LogP contribution in [0.15, 0.2) is 42.7 Å². The van der Waals surface area contributed by atoms with Crippen LogP contribution in [0, 0.1) is 0 Å². The molecule has 0 aliphatic carbocycles. The van der Waals surface area contributed by atoms with E-state index in [0.717, 1.165) is 12.0 Å². The van der Waals surface area contributed by atoms with Crippen molar-refractivity contribution in [3.63, 3.8) is 0 Å². The Labute approximate surface area is 99.8 Å². The normalized spacial score (nSPS) is 10.2. The summed E-state index contributed by atoms with van der Waals surface area (Å²) < 4.78 is 6.73. The zero-order chi connectivity index (χ0) is 12.1. The third-order valence-electron chi connectivity index (χ3n) is 2.41. The number of aromatic nitrogens is 2. The monoisotopic (exact) mass is 230 g/mol. The van der Waals surface area contributed by atoms with E-state index < -0.39 is 0 Å². The van der Waals surface area contributed by atoms with Crippen molar-refractivity contribution in [1.29, 1.82) is 0 Å². The summed E-state index contributed by atoms with van der Waals surface area (Å²) in [6, 6.07) is 9.93. The molecule has 0 bridgehead atoms. The van der Waals surface area contributed by atoms with Crippen LogP contribution in [0.2, 0.25) is 0 Å². The van der Waals surface area contributed by atoms with Crippen LogP contribution in [-0.4, -0.2) is 22.4 Å². The molecule has 0 saturated carbocycles. The average Bonchev–Trinajstić information content (AvgIpc) is 2.77. The second kappa shape index (κ2) is 5.30. The van der Waals surface area contributed by atoms with Crippen LogP contribution in [0.3, 0.4) is 0 Å². The largest absolute Gasteiger partial charge is 0.462 e. The number of esters is 1. The number of aryl methyl sites for hydroxylation is 1. The second-order valence-electron chi connectivity index (χ2n) is 3.77. The van der Waals surface area contributed by atoms with Crippen LogP contribution in [0.4, 0.5) is 0 Å². The number of benzene rings is 1. The molecule has 0 aliphatic heterocycles. The van der Waals surface area contributed by atoms with Crippen molar-refractivity contribution in [3.8, 4) is 0 Å². The maximum absolute atomic E-state index is 11.6. The number of hydrogen-bond donors (Lipinski definition) is 0. The Hall–Kier alpha value is -2.10. The smallest absolute Gasteiger partial charge is 0.341 e. The molecule has 0 amide bonds. The number of ether oxygens (including phenoxy) is 1. The quantitative estimate of drug-likeness (QED) is 0.752. The first-order valence-corrected chi connectivity index (χ1v) is 5.45. The molecule has 0 saturated heterocycles. The summed E-state index contributed by atoms with van der Waals surface area (Å²) in [6.07, 6.45) is 3.88. The van der Waals surface area contributed by atoms with Gasteiger partial charge in [0.05, 0.1) is 18.4 Å². The van der Waals surface area contributed by atoms with E-state index in [1.807, 2.05) is 30.3 Å². The summed E-state index contributed by atoms with van der Waals surface area (Å²) >= 11 is 0. The van der Waals surface area contributed by atoms with Crippen molar-refractivity contribution in [3.05, 3.63) is 53.9 Å². The first kappa shape index (κ1) is 11.4. The SMILES string of the molecule is Cn1cc(C(=O)OCCc2ccccc2)cn1. The van der Waals surface area contributed by atoms with Gasteiger partial charge in [0.1, 0.15) is 0 Å². The van der Waals surface area contributed by atoms with Crippen LogP contribution in [0.25, 0.3) is 0 Å². The van der Waals surface area contributed by atoms with E-state index in [1.165, 1.54) is 6.20 Å². The fourth-order valence-electron chi connectivity index (χ4n) is 1.52. The highest BCUT2D eigenvalue weighted by Gasteiger charge is 2.08. The van der Waals surface area contributed by atoms with Gasteiger partial charge in [0.2, 0.25) is 0 Å². The summed E-state index contributed by atoms with van der Waals surface area (Å²) in [4.78, 5) is 11.6. The molecular weight excluding hydrogens is 216 g/mol. The Morgan fingerprint density at radius 1 is 1.35 bits per heavy atom. The fourth-order valence-corrected chi connectivity index (χ4v) is 1.52. The first-order valence-electron chi connectivity index (χ1n) is 5.45. The lowest BCUT2D eigenvalue weighted by molar-refractivity contribution is 0.0509. The summed E-state index contributed by atoms with van der Waals surface area (Å²) in [6.45, 7) is 0.387. The molecule has 4 nitrogen and oxygen atoms in total. The first-order chi connectivity index (χ1) is 8.25. The minimum Gasteiger partial charge on any atom is -0.462 e. The van der Waals surface area contributed by atoms with E-state index in [4.69, 9.17) is 4.74 Å². The summed E-state index contributed by atoms with van der Waals surface area (Å²) in [7, 11) is 1.76. The number of nitrogens with zero attached hydrogens (tertiary/aromatic N) is 2. The molecule has 2 aromatic rings. The number of rotatable bonds is 4. The van der Waals surface area contributed by atoms with Crippen LogP contribution in [-0.2, 0) is 18.2 Å². The van der Waals surface area contributed by atoms with Crippen molar-refractivity contribution in [2.24, 2.45) is 7.05 Å². The third kappa shape index (κ3) is 3.17. The predicted molar refractivity (Wildman–Crippen MR) is 63.6 cm³/mol. The lowest BCUT2D eigenvalue weighted by atomic mass is 10.2. The molecule has 0 unspecified atom stereocenters. The third-order valence-corrected chi connectivity index (χ3v) is 2.41. The van der Waals surface area contributed by atoms with Crippen LogP contribution >= 0.6 is 0 Å². The van der Waals surface area contributed by atoms with E-state index in [1.54, 1.807) is 17.9 Å². The Balaban J connectivity index is 1.81. The molecule has 0 atom stereocenters. The second-order valence-corrected chi connectivity index (χ2v) is 3.77. The molecule has 0 spiro atoms. The van der Waals surface area contributed by atoms with E-state index in [2.05, 4.69) is 5.10 Å². The van der Waals surface area contributed by atoms with Crippen LogP contribution in [0.5, 0.6) is 0 Å².